The van der Waals surface area contributed by atoms with Gasteiger partial charge >= 0.3 is 5.97 Å². The molecule has 9 nitrogen and oxygen atoms in total. The van der Waals surface area contributed by atoms with E-state index in [1.807, 2.05) is 30.0 Å². The van der Waals surface area contributed by atoms with Crippen LogP contribution in [0.1, 0.15) is 41.5 Å². The van der Waals surface area contributed by atoms with Crippen LogP contribution in [0, 0.1) is 12.8 Å². The molecular formula is C26H27N5O4S. The van der Waals surface area contributed by atoms with Crippen molar-refractivity contribution in [3.05, 3.63) is 58.7 Å². The summed E-state index contributed by atoms with van der Waals surface area (Å²) in [5.41, 5.74) is 3.44. The third-order valence-electron chi connectivity index (χ3n) is 6.38. The number of thiophene rings is 1. The van der Waals surface area contributed by atoms with Crippen molar-refractivity contribution in [3.63, 3.8) is 0 Å². The zero-order chi connectivity index (χ0) is 25.1. The molecule has 10 heteroatoms. The van der Waals surface area contributed by atoms with Gasteiger partial charge in [-0.3, -0.25) is 9.59 Å². The summed E-state index contributed by atoms with van der Waals surface area (Å²) >= 11 is 1.66. The van der Waals surface area contributed by atoms with Gasteiger partial charge in [0.1, 0.15) is 17.2 Å². The van der Waals surface area contributed by atoms with Crippen LogP contribution >= 0.6 is 11.3 Å². The molecule has 186 valence electrons. The fourth-order valence-corrected chi connectivity index (χ4v) is 5.44. The number of nitrogens with zero attached hydrogens (tertiary/aromatic N) is 4. The molecule has 36 heavy (non-hydrogen) atoms. The van der Waals surface area contributed by atoms with Gasteiger partial charge in [0.15, 0.2) is 0 Å². The molecule has 0 saturated carbocycles. The maximum atomic E-state index is 13.3. The van der Waals surface area contributed by atoms with E-state index < -0.39 is 0 Å². The van der Waals surface area contributed by atoms with E-state index in [9.17, 15) is 9.59 Å². The zero-order valence-electron chi connectivity index (χ0n) is 20.2. The highest BCUT2D eigenvalue weighted by atomic mass is 32.1. The number of amides is 1. The van der Waals surface area contributed by atoms with Gasteiger partial charge in [-0.25, -0.2) is 9.61 Å². The van der Waals surface area contributed by atoms with Gasteiger partial charge < -0.3 is 15.0 Å². The third-order valence-corrected chi connectivity index (χ3v) is 7.34. The Morgan fingerprint density at radius 2 is 2.08 bits per heavy atom. The summed E-state index contributed by atoms with van der Waals surface area (Å²) in [5, 5.41) is 13.7. The number of piperidine rings is 1. The molecule has 1 aromatic carbocycles. The molecule has 0 aliphatic carbocycles. The molecule has 1 atom stereocenters. The summed E-state index contributed by atoms with van der Waals surface area (Å²) < 4.78 is 11.2. The molecule has 0 radical (unpaired) electrons. The minimum Gasteiger partial charge on any atom is -0.466 e. The molecule has 0 bridgehead atoms. The largest absolute Gasteiger partial charge is 0.466 e. The molecule has 1 saturated heterocycles. The number of aryl methyl sites for hydroxylation is 1. The van der Waals surface area contributed by atoms with Crippen LogP contribution in [0.3, 0.4) is 0 Å². The molecule has 1 aliphatic rings. The fraction of sp³-hybridized carbons (Fsp3) is 0.346. The van der Waals surface area contributed by atoms with Crippen molar-refractivity contribution in [1.82, 2.24) is 20.6 Å². The number of pyridine rings is 1. The van der Waals surface area contributed by atoms with Crippen LogP contribution in [-0.2, 0) is 16.1 Å². The number of benzene rings is 1. The number of hydrogen-bond donors (Lipinski definition) is 1. The number of esters is 1. The Hall–Kier alpha value is -3.79. The van der Waals surface area contributed by atoms with E-state index in [-0.39, 0.29) is 24.3 Å². The van der Waals surface area contributed by atoms with E-state index in [2.05, 4.69) is 33.1 Å². The smallest absolute Gasteiger partial charge is 0.310 e. The predicted molar refractivity (Wildman–Crippen MR) is 137 cm³/mol. The Balaban J connectivity index is 1.49. The summed E-state index contributed by atoms with van der Waals surface area (Å²) in [6.07, 6.45) is 1.56. The van der Waals surface area contributed by atoms with E-state index in [4.69, 9.17) is 14.3 Å². The number of carbonyl (C=O) groups excluding carboxylic acids is 2. The van der Waals surface area contributed by atoms with Crippen molar-refractivity contribution < 1.29 is 19.0 Å². The lowest BCUT2D eigenvalue weighted by Gasteiger charge is -2.33. The van der Waals surface area contributed by atoms with Crippen LogP contribution in [-0.4, -0.2) is 46.9 Å². The van der Waals surface area contributed by atoms with Crippen LogP contribution in [0.25, 0.3) is 21.3 Å². The molecule has 4 aromatic rings. The van der Waals surface area contributed by atoms with Crippen molar-refractivity contribution in [2.45, 2.75) is 33.2 Å². The van der Waals surface area contributed by atoms with E-state index >= 15 is 0 Å². The number of carbonyl (C=O) groups is 2. The van der Waals surface area contributed by atoms with Crippen LogP contribution < -0.4 is 10.2 Å². The molecule has 1 N–H and O–H groups in total. The van der Waals surface area contributed by atoms with Crippen LogP contribution in [0.4, 0.5) is 5.82 Å². The van der Waals surface area contributed by atoms with Crippen LogP contribution in [0.15, 0.2) is 46.4 Å². The van der Waals surface area contributed by atoms with E-state index in [0.717, 1.165) is 29.5 Å². The monoisotopic (exact) mass is 505 g/mol. The van der Waals surface area contributed by atoms with Crippen molar-refractivity contribution >= 4 is 39.1 Å². The number of aromatic nitrogens is 3. The Labute approximate surface area is 212 Å². The van der Waals surface area contributed by atoms with Gasteiger partial charge in [0, 0.05) is 34.1 Å². The lowest BCUT2D eigenvalue weighted by atomic mass is 9.97. The van der Waals surface area contributed by atoms with Gasteiger partial charge in [-0.1, -0.05) is 28.5 Å². The second-order valence-electron chi connectivity index (χ2n) is 8.73. The second-order valence-corrected chi connectivity index (χ2v) is 9.64. The highest BCUT2D eigenvalue weighted by Crippen LogP contribution is 2.35. The van der Waals surface area contributed by atoms with Crippen molar-refractivity contribution in [3.8, 4) is 11.3 Å². The topological polar surface area (TPSA) is 110 Å². The molecule has 5 rings (SSSR count). The predicted octanol–water partition coefficient (Wildman–Crippen LogP) is 4.36. The first-order chi connectivity index (χ1) is 17.5. The number of anilines is 1. The summed E-state index contributed by atoms with van der Waals surface area (Å²) in [5.74, 6) is -0.183. The maximum absolute atomic E-state index is 13.3. The molecule has 1 fully saturated rings. The lowest BCUT2D eigenvalue weighted by molar-refractivity contribution is -0.148. The summed E-state index contributed by atoms with van der Waals surface area (Å²) in [7, 11) is 0. The minimum atomic E-state index is -0.278. The molecule has 0 spiro atoms. The first kappa shape index (κ1) is 23.9. The standard InChI is InChI=1S/C26H27N5O4S/c1-3-34-26(33)17-7-6-12-31(14-17)24-19(25(32)27-13-22-16(2)29-35-30-22)10-11-21(28-24)20-15-36-23-9-5-4-8-18(20)23/h4-5,8-11,15,17H,3,6-7,12-14H2,1-2H3,(H,27,32)/t17-/m0/s1. The maximum Gasteiger partial charge on any atom is 0.310 e. The minimum absolute atomic E-state index is 0.190. The van der Waals surface area contributed by atoms with Crippen molar-refractivity contribution in [2.75, 3.05) is 24.6 Å². The van der Waals surface area contributed by atoms with E-state index in [0.29, 0.717) is 42.5 Å². The van der Waals surface area contributed by atoms with Crippen LogP contribution in [0.2, 0.25) is 0 Å². The Morgan fingerprint density at radius 3 is 2.89 bits per heavy atom. The molecule has 1 amide bonds. The third kappa shape index (κ3) is 4.81. The first-order valence-electron chi connectivity index (χ1n) is 12.0. The first-order valence-corrected chi connectivity index (χ1v) is 12.9. The molecular weight excluding hydrogens is 478 g/mol. The average molecular weight is 506 g/mol. The second kappa shape index (κ2) is 10.4. The summed E-state index contributed by atoms with van der Waals surface area (Å²) in [6.45, 7) is 5.27. The number of rotatable bonds is 7. The highest BCUT2D eigenvalue weighted by molar-refractivity contribution is 7.17. The summed E-state index contributed by atoms with van der Waals surface area (Å²) in [4.78, 5) is 32.8. The van der Waals surface area contributed by atoms with Gasteiger partial charge in [-0.15, -0.1) is 11.3 Å². The van der Waals surface area contributed by atoms with E-state index in [1.54, 1.807) is 24.3 Å². The SMILES string of the molecule is CCOC(=O)[C@H]1CCCN(c2nc(-c3csc4ccccc34)ccc2C(=O)NCc2nonc2C)C1. The van der Waals surface area contributed by atoms with Gasteiger partial charge in [0.25, 0.3) is 5.91 Å². The van der Waals surface area contributed by atoms with Gasteiger partial charge in [-0.05, 0) is 44.9 Å². The zero-order valence-corrected chi connectivity index (χ0v) is 21.0. The van der Waals surface area contributed by atoms with E-state index in [1.165, 1.54) is 4.70 Å². The number of ether oxygens (including phenoxy) is 1. The average Bonchev–Trinajstić information content (AvgIpc) is 3.53. The number of fused-ring (bicyclic) bond motifs is 1. The normalized spacial score (nSPS) is 15.7. The van der Waals surface area contributed by atoms with Gasteiger partial charge in [0.2, 0.25) is 0 Å². The molecule has 3 aromatic heterocycles. The Morgan fingerprint density at radius 1 is 1.22 bits per heavy atom. The number of nitrogens with one attached hydrogen (secondary N) is 1. The number of hydrogen-bond acceptors (Lipinski definition) is 9. The van der Waals surface area contributed by atoms with Crippen molar-refractivity contribution in [1.29, 1.82) is 0 Å². The molecule has 1 aliphatic heterocycles. The Bertz CT molecular complexity index is 1400. The highest BCUT2D eigenvalue weighted by Gasteiger charge is 2.30. The van der Waals surface area contributed by atoms with Crippen LogP contribution in [0.5, 0.6) is 0 Å². The quantitative estimate of drug-likeness (QED) is 0.369. The molecule has 4 heterocycles. The van der Waals surface area contributed by atoms with Crippen molar-refractivity contribution in [2.24, 2.45) is 5.92 Å². The fourth-order valence-electron chi connectivity index (χ4n) is 4.48. The lowest BCUT2D eigenvalue weighted by Crippen LogP contribution is -2.41. The van der Waals surface area contributed by atoms with Gasteiger partial charge in [0.05, 0.1) is 30.3 Å². The molecule has 0 unspecified atom stereocenters. The van der Waals surface area contributed by atoms with Gasteiger partial charge in [-0.2, -0.15) is 0 Å². The Kier molecular flexibility index (Phi) is 6.95. The summed E-state index contributed by atoms with van der Waals surface area (Å²) in [6, 6.07) is 11.9.